The summed E-state index contributed by atoms with van der Waals surface area (Å²) < 4.78 is 17.1. The summed E-state index contributed by atoms with van der Waals surface area (Å²) >= 11 is 1.56. The molecule has 3 rings (SSSR count). The Hall–Kier alpha value is -2.55. The lowest BCUT2D eigenvalue weighted by Crippen LogP contribution is -2.38. The van der Waals surface area contributed by atoms with E-state index >= 15 is 0 Å². The second-order valence-corrected chi connectivity index (χ2v) is 9.42. The Morgan fingerprint density at radius 1 is 1.28 bits per heavy atom. The van der Waals surface area contributed by atoms with Crippen LogP contribution in [0.15, 0.2) is 35.7 Å². The number of Topliss-reactive ketones (excluding diaryl/α,β-unsaturated/α-hetero) is 1. The molecule has 0 bridgehead atoms. The van der Waals surface area contributed by atoms with E-state index in [4.69, 9.17) is 10.5 Å². The molecular formula is C20H24FN5O2S. The zero-order chi connectivity index (χ0) is 21.1. The first kappa shape index (κ1) is 21.2. The SMILES string of the molecule is CC1(C)C[C@@](C)(c2cc(CC(=O)c3cnc(OCCF)cn3)ccn2)N=C(N)S1. The highest BCUT2D eigenvalue weighted by Gasteiger charge is 2.40. The standard InChI is InChI=1S/C20H24FN5O2S/c1-19(2)12-20(3,26-18(22)29-19)16-9-13(4-6-23-16)8-15(27)14-10-25-17(11-24-14)28-7-5-21/h4,6,9-11H,5,7-8,12H2,1-3H3,(H2,22,26)/t20-/m0/s1. The van der Waals surface area contributed by atoms with Gasteiger partial charge in [-0.15, -0.1) is 0 Å². The molecule has 1 aliphatic rings. The average molecular weight is 418 g/mol. The molecule has 2 aromatic heterocycles. The Morgan fingerprint density at radius 3 is 2.72 bits per heavy atom. The Morgan fingerprint density at radius 2 is 2.07 bits per heavy atom. The summed E-state index contributed by atoms with van der Waals surface area (Å²) in [6.07, 6.45) is 5.28. The van der Waals surface area contributed by atoms with Gasteiger partial charge in [0.25, 0.3) is 0 Å². The van der Waals surface area contributed by atoms with E-state index < -0.39 is 12.2 Å². The van der Waals surface area contributed by atoms with Crippen molar-refractivity contribution in [3.05, 3.63) is 47.7 Å². The highest BCUT2D eigenvalue weighted by molar-refractivity contribution is 8.15. The fourth-order valence-corrected chi connectivity index (χ4v) is 4.60. The third-order valence-electron chi connectivity index (χ3n) is 4.49. The zero-order valence-electron chi connectivity index (χ0n) is 16.7. The number of rotatable bonds is 7. The number of aliphatic imine (C=N–C) groups is 1. The second kappa shape index (κ2) is 8.44. The molecule has 0 aromatic carbocycles. The normalized spacial score (nSPS) is 20.8. The van der Waals surface area contributed by atoms with E-state index in [2.05, 4.69) is 33.8 Å². The number of carbonyl (C=O) groups excluding carboxylic acids is 1. The van der Waals surface area contributed by atoms with Crippen molar-refractivity contribution in [2.45, 2.75) is 43.9 Å². The summed E-state index contributed by atoms with van der Waals surface area (Å²) in [5.74, 6) is 0.00550. The molecule has 1 atom stereocenters. The number of thioether (sulfide) groups is 1. The Bertz CT molecular complexity index is 919. The predicted octanol–water partition coefficient (Wildman–Crippen LogP) is 3.09. The van der Waals surface area contributed by atoms with Gasteiger partial charge in [-0.1, -0.05) is 25.6 Å². The topological polar surface area (TPSA) is 103 Å². The van der Waals surface area contributed by atoms with Crippen molar-refractivity contribution in [2.75, 3.05) is 13.3 Å². The molecule has 2 aromatic rings. The molecule has 7 nitrogen and oxygen atoms in total. The van der Waals surface area contributed by atoms with Gasteiger partial charge >= 0.3 is 0 Å². The van der Waals surface area contributed by atoms with Crippen molar-refractivity contribution in [2.24, 2.45) is 10.7 Å². The summed E-state index contributed by atoms with van der Waals surface area (Å²) in [6, 6.07) is 3.69. The van der Waals surface area contributed by atoms with Crippen LogP contribution in [0.1, 0.15) is 48.9 Å². The van der Waals surface area contributed by atoms with Gasteiger partial charge in [-0.25, -0.2) is 19.4 Å². The van der Waals surface area contributed by atoms with Gasteiger partial charge < -0.3 is 10.5 Å². The molecule has 2 N–H and O–H groups in total. The molecule has 9 heteroatoms. The van der Waals surface area contributed by atoms with Crippen molar-refractivity contribution in [1.29, 1.82) is 0 Å². The quantitative estimate of drug-likeness (QED) is 0.691. The number of aromatic nitrogens is 3. The van der Waals surface area contributed by atoms with Crippen LogP contribution < -0.4 is 10.5 Å². The number of hydrogen-bond donors (Lipinski definition) is 1. The van der Waals surface area contributed by atoms with E-state index in [1.807, 2.05) is 13.0 Å². The van der Waals surface area contributed by atoms with Crippen LogP contribution in [-0.4, -0.2) is 43.9 Å². The number of carbonyl (C=O) groups is 1. The first-order chi connectivity index (χ1) is 13.7. The minimum Gasteiger partial charge on any atom is -0.474 e. The molecule has 0 fully saturated rings. The van der Waals surface area contributed by atoms with Gasteiger partial charge in [0, 0.05) is 17.4 Å². The van der Waals surface area contributed by atoms with Gasteiger partial charge in [0.05, 0.1) is 18.1 Å². The number of ether oxygens (including phenoxy) is 1. The van der Waals surface area contributed by atoms with Crippen LogP contribution in [0.2, 0.25) is 0 Å². The van der Waals surface area contributed by atoms with Gasteiger partial charge in [-0.2, -0.15) is 0 Å². The lowest BCUT2D eigenvalue weighted by Gasteiger charge is -2.38. The van der Waals surface area contributed by atoms with E-state index in [1.54, 1.807) is 24.0 Å². The Labute approximate surface area is 173 Å². The maximum Gasteiger partial charge on any atom is 0.232 e. The van der Waals surface area contributed by atoms with Gasteiger partial charge in [0.1, 0.15) is 24.5 Å². The van der Waals surface area contributed by atoms with E-state index in [9.17, 15) is 9.18 Å². The lowest BCUT2D eigenvalue weighted by molar-refractivity contribution is 0.0987. The molecule has 0 spiro atoms. The first-order valence-electron chi connectivity index (χ1n) is 9.24. The van der Waals surface area contributed by atoms with Crippen molar-refractivity contribution < 1.29 is 13.9 Å². The summed E-state index contributed by atoms with van der Waals surface area (Å²) in [6.45, 7) is 5.56. The minimum atomic E-state index is -0.614. The Kier molecular flexibility index (Phi) is 6.16. The Balaban J connectivity index is 1.76. The highest BCUT2D eigenvalue weighted by atomic mass is 32.2. The minimum absolute atomic E-state index is 0.0599. The molecule has 154 valence electrons. The van der Waals surface area contributed by atoms with Gasteiger partial charge in [0.15, 0.2) is 11.0 Å². The second-order valence-electron chi connectivity index (χ2n) is 7.69. The van der Waals surface area contributed by atoms with Crippen LogP contribution in [-0.2, 0) is 12.0 Å². The molecule has 29 heavy (non-hydrogen) atoms. The van der Waals surface area contributed by atoms with E-state index in [0.29, 0.717) is 5.17 Å². The molecule has 0 amide bonds. The van der Waals surface area contributed by atoms with E-state index in [1.165, 1.54) is 12.4 Å². The van der Waals surface area contributed by atoms with Gasteiger partial charge in [-0.3, -0.25) is 9.78 Å². The van der Waals surface area contributed by atoms with Gasteiger partial charge in [0.2, 0.25) is 5.88 Å². The summed E-state index contributed by atoms with van der Waals surface area (Å²) in [5, 5.41) is 0.539. The van der Waals surface area contributed by atoms with Crippen LogP contribution in [0.3, 0.4) is 0 Å². The van der Waals surface area contributed by atoms with Crippen LogP contribution >= 0.6 is 11.8 Å². The fourth-order valence-electron chi connectivity index (χ4n) is 3.43. The lowest BCUT2D eigenvalue weighted by atomic mass is 9.86. The zero-order valence-corrected chi connectivity index (χ0v) is 17.5. The average Bonchev–Trinajstić information content (AvgIpc) is 2.65. The third-order valence-corrected chi connectivity index (χ3v) is 5.49. The van der Waals surface area contributed by atoms with Crippen LogP contribution in [0, 0.1) is 0 Å². The number of halogens is 1. The van der Waals surface area contributed by atoms with E-state index in [-0.39, 0.29) is 35.1 Å². The van der Waals surface area contributed by atoms with Crippen molar-refractivity contribution in [1.82, 2.24) is 15.0 Å². The molecule has 1 aliphatic heterocycles. The summed E-state index contributed by atoms with van der Waals surface area (Å²) in [5.41, 5.74) is 7.31. The van der Waals surface area contributed by atoms with Gasteiger partial charge in [-0.05, 0) is 31.0 Å². The number of amidine groups is 1. The van der Waals surface area contributed by atoms with Crippen LogP contribution in [0.5, 0.6) is 5.88 Å². The number of nitrogens with zero attached hydrogens (tertiary/aromatic N) is 4. The third kappa shape index (κ3) is 5.29. The number of alkyl halides is 1. The molecule has 0 saturated carbocycles. The first-order valence-corrected chi connectivity index (χ1v) is 10.1. The van der Waals surface area contributed by atoms with Crippen molar-refractivity contribution >= 4 is 22.7 Å². The number of nitrogens with two attached hydrogens (primary N) is 1. The number of hydrogen-bond acceptors (Lipinski definition) is 8. The molecule has 0 saturated heterocycles. The summed E-state index contributed by atoms with van der Waals surface area (Å²) in [7, 11) is 0. The largest absolute Gasteiger partial charge is 0.474 e. The number of ketones is 1. The predicted molar refractivity (Wildman–Crippen MR) is 111 cm³/mol. The summed E-state index contributed by atoms with van der Waals surface area (Å²) in [4.78, 5) is 29.8. The highest BCUT2D eigenvalue weighted by Crippen LogP contribution is 2.44. The maximum absolute atomic E-state index is 12.6. The molecule has 0 unspecified atom stereocenters. The van der Waals surface area contributed by atoms with E-state index in [0.717, 1.165) is 17.7 Å². The van der Waals surface area contributed by atoms with Crippen molar-refractivity contribution in [3.63, 3.8) is 0 Å². The van der Waals surface area contributed by atoms with Crippen LogP contribution in [0.4, 0.5) is 4.39 Å². The smallest absolute Gasteiger partial charge is 0.232 e. The molecule has 0 aliphatic carbocycles. The van der Waals surface area contributed by atoms with Crippen molar-refractivity contribution in [3.8, 4) is 5.88 Å². The molecule has 3 heterocycles. The number of pyridine rings is 1. The fraction of sp³-hybridized carbons (Fsp3) is 0.450. The van der Waals surface area contributed by atoms with Crippen LogP contribution in [0.25, 0.3) is 0 Å². The monoisotopic (exact) mass is 417 g/mol. The maximum atomic E-state index is 12.6. The molecule has 0 radical (unpaired) electrons. The molecular weight excluding hydrogens is 393 g/mol.